The summed E-state index contributed by atoms with van der Waals surface area (Å²) >= 11 is 3.63. The van der Waals surface area contributed by atoms with Gasteiger partial charge in [0.25, 0.3) is 0 Å². The second-order valence-electron chi connectivity index (χ2n) is 8.06. The second kappa shape index (κ2) is 8.52. The molecule has 0 aliphatic heterocycles. The SMILES string of the molecule is CCC(C)C(=O)C(Br)c1ccc(F)c(C)c1C1CCC(OC2CC2)CC1. The molecule has 0 heterocycles. The van der Waals surface area contributed by atoms with Crippen molar-refractivity contribution in [2.45, 2.75) is 88.7 Å². The molecule has 0 spiro atoms. The fourth-order valence-corrected chi connectivity index (χ4v) is 4.90. The van der Waals surface area contributed by atoms with E-state index in [0.29, 0.717) is 23.7 Å². The van der Waals surface area contributed by atoms with Crippen molar-refractivity contribution in [3.8, 4) is 0 Å². The van der Waals surface area contributed by atoms with E-state index >= 15 is 0 Å². The third-order valence-corrected chi connectivity index (χ3v) is 7.04. The lowest BCUT2D eigenvalue weighted by Gasteiger charge is -2.32. The minimum Gasteiger partial charge on any atom is -0.375 e. The maximum Gasteiger partial charge on any atom is 0.153 e. The van der Waals surface area contributed by atoms with Gasteiger partial charge in [0, 0.05) is 5.92 Å². The molecule has 1 aromatic rings. The third-order valence-electron chi connectivity index (χ3n) is 6.10. The molecule has 0 bridgehead atoms. The molecule has 2 aliphatic carbocycles. The quantitative estimate of drug-likeness (QED) is 0.473. The van der Waals surface area contributed by atoms with Crippen LogP contribution in [0.5, 0.6) is 0 Å². The Kier molecular flexibility index (Phi) is 6.55. The molecule has 3 rings (SSSR count). The van der Waals surface area contributed by atoms with Gasteiger partial charge in [-0.1, -0.05) is 35.8 Å². The van der Waals surface area contributed by atoms with E-state index in [1.165, 1.54) is 18.9 Å². The average molecular weight is 425 g/mol. The van der Waals surface area contributed by atoms with Gasteiger partial charge in [-0.05, 0) is 80.5 Å². The lowest BCUT2D eigenvalue weighted by atomic mass is 9.78. The van der Waals surface area contributed by atoms with Crippen molar-refractivity contribution in [2.24, 2.45) is 5.92 Å². The fraction of sp³-hybridized carbons (Fsp3) is 0.682. The molecule has 0 N–H and O–H groups in total. The Bertz CT molecular complexity index is 648. The second-order valence-corrected chi connectivity index (χ2v) is 8.97. The van der Waals surface area contributed by atoms with E-state index in [1.807, 2.05) is 26.8 Å². The molecule has 2 aliphatic rings. The lowest BCUT2D eigenvalue weighted by Crippen LogP contribution is -2.24. The van der Waals surface area contributed by atoms with Crippen molar-refractivity contribution in [1.29, 1.82) is 0 Å². The standard InChI is InChI=1S/C22H30BrFO2/c1-4-13(2)22(25)21(23)18-11-12-19(24)14(3)20(18)15-5-7-16(8-6-15)26-17-9-10-17/h11-13,15-17,21H,4-10H2,1-3H3. The summed E-state index contributed by atoms with van der Waals surface area (Å²) in [5, 5.41) is 0. The van der Waals surface area contributed by atoms with E-state index in [1.54, 1.807) is 0 Å². The fourth-order valence-electron chi connectivity index (χ4n) is 4.05. The van der Waals surface area contributed by atoms with Crippen LogP contribution in [0.1, 0.15) is 86.2 Å². The van der Waals surface area contributed by atoms with Gasteiger partial charge in [0.15, 0.2) is 5.78 Å². The molecule has 26 heavy (non-hydrogen) atoms. The van der Waals surface area contributed by atoms with Gasteiger partial charge in [-0.3, -0.25) is 4.79 Å². The number of benzene rings is 1. The van der Waals surface area contributed by atoms with Crippen LogP contribution in [-0.4, -0.2) is 18.0 Å². The van der Waals surface area contributed by atoms with E-state index in [0.717, 1.165) is 43.2 Å². The number of ether oxygens (including phenoxy) is 1. The molecule has 0 radical (unpaired) electrons. The molecule has 0 amide bonds. The molecule has 144 valence electrons. The monoisotopic (exact) mass is 424 g/mol. The predicted octanol–water partition coefficient (Wildman–Crippen LogP) is 6.39. The van der Waals surface area contributed by atoms with Crippen LogP contribution in [-0.2, 0) is 9.53 Å². The first-order chi connectivity index (χ1) is 12.4. The van der Waals surface area contributed by atoms with Crippen molar-refractivity contribution >= 4 is 21.7 Å². The highest BCUT2D eigenvalue weighted by Gasteiger charge is 2.33. The Morgan fingerprint density at radius 1 is 1.19 bits per heavy atom. The van der Waals surface area contributed by atoms with Gasteiger partial charge in [0.1, 0.15) is 5.82 Å². The molecule has 2 unspecified atom stereocenters. The normalized spacial score (nSPS) is 25.7. The van der Waals surface area contributed by atoms with E-state index in [-0.39, 0.29) is 22.3 Å². The topological polar surface area (TPSA) is 26.3 Å². The smallest absolute Gasteiger partial charge is 0.153 e. The summed E-state index contributed by atoms with van der Waals surface area (Å²) in [5.41, 5.74) is 2.71. The van der Waals surface area contributed by atoms with Crippen molar-refractivity contribution in [1.82, 2.24) is 0 Å². The summed E-state index contributed by atoms with van der Waals surface area (Å²) in [6.07, 6.45) is 8.15. The van der Waals surface area contributed by atoms with Gasteiger partial charge in [-0.2, -0.15) is 0 Å². The summed E-state index contributed by atoms with van der Waals surface area (Å²) in [6.45, 7) is 5.85. The van der Waals surface area contributed by atoms with Gasteiger partial charge in [0.2, 0.25) is 0 Å². The van der Waals surface area contributed by atoms with Crippen molar-refractivity contribution in [2.75, 3.05) is 0 Å². The summed E-state index contributed by atoms with van der Waals surface area (Å²) in [5.74, 6) is 0.325. The minimum absolute atomic E-state index is 0.000243. The molecule has 0 aromatic heterocycles. The van der Waals surface area contributed by atoms with Crippen LogP contribution in [0.3, 0.4) is 0 Å². The highest BCUT2D eigenvalue weighted by molar-refractivity contribution is 9.09. The first-order valence-corrected chi connectivity index (χ1v) is 11.0. The van der Waals surface area contributed by atoms with Gasteiger partial charge in [-0.25, -0.2) is 4.39 Å². The van der Waals surface area contributed by atoms with Crippen LogP contribution < -0.4 is 0 Å². The Morgan fingerprint density at radius 3 is 2.31 bits per heavy atom. The number of hydrogen-bond acceptors (Lipinski definition) is 2. The maximum absolute atomic E-state index is 14.3. The first kappa shape index (κ1) is 20.0. The van der Waals surface area contributed by atoms with E-state index in [2.05, 4.69) is 15.9 Å². The summed E-state index contributed by atoms with van der Waals surface area (Å²) in [4.78, 5) is 12.4. The third kappa shape index (κ3) is 4.39. The van der Waals surface area contributed by atoms with Crippen LogP contribution in [0.4, 0.5) is 4.39 Å². The number of halogens is 2. The Labute approximate surface area is 165 Å². The molecule has 2 nitrogen and oxygen atoms in total. The molecular weight excluding hydrogens is 395 g/mol. The zero-order valence-electron chi connectivity index (χ0n) is 16.1. The van der Waals surface area contributed by atoms with Crippen molar-refractivity contribution < 1.29 is 13.9 Å². The first-order valence-electron chi connectivity index (χ1n) is 10.0. The number of carbonyl (C=O) groups is 1. The average Bonchev–Trinajstić information content (AvgIpc) is 3.46. The van der Waals surface area contributed by atoms with Crippen LogP contribution in [0.15, 0.2) is 12.1 Å². The lowest BCUT2D eigenvalue weighted by molar-refractivity contribution is -0.121. The number of rotatable bonds is 7. The highest BCUT2D eigenvalue weighted by atomic mass is 79.9. The highest BCUT2D eigenvalue weighted by Crippen LogP contribution is 2.43. The van der Waals surface area contributed by atoms with Gasteiger partial charge < -0.3 is 4.74 Å². The number of alkyl halides is 1. The summed E-state index contributed by atoms with van der Waals surface area (Å²) in [6, 6.07) is 3.32. The Balaban J connectivity index is 1.81. The molecule has 2 saturated carbocycles. The van der Waals surface area contributed by atoms with E-state index in [9.17, 15) is 9.18 Å². The van der Waals surface area contributed by atoms with Gasteiger partial charge in [-0.15, -0.1) is 0 Å². The number of carbonyl (C=O) groups excluding carboxylic acids is 1. The Hall–Kier alpha value is -0.740. The molecular formula is C22H30BrFO2. The maximum atomic E-state index is 14.3. The molecule has 0 saturated heterocycles. The summed E-state index contributed by atoms with van der Waals surface area (Å²) in [7, 11) is 0. The summed E-state index contributed by atoms with van der Waals surface area (Å²) < 4.78 is 20.4. The van der Waals surface area contributed by atoms with Crippen LogP contribution in [0, 0.1) is 18.7 Å². The Morgan fingerprint density at radius 2 is 1.77 bits per heavy atom. The van der Waals surface area contributed by atoms with Crippen LogP contribution in [0.25, 0.3) is 0 Å². The van der Waals surface area contributed by atoms with E-state index in [4.69, 9.17) is 4.74 Å². The molecule has 1 aromatic carbocycles. The zero-order valence-corrected chi connectivity index (χ0v) is 17.6. The number of Topliss-reactive ketones (excluding diaryl/α,β-unsaturated/α-hetero) is 1. The molecule has 4 heteroatoms. The van der Waals surface area contributed by atoms with Crippen molar-refractivity contribution in [3.63, 3.8) is 0 Å². The minimum atomic E-state index is -0.354. The predicted molar refractivity (Wildman–Crippen MR) is 106 cm³/mol. The van der Waals surface area contributed by atoms with E-state index < -0.39 is 0 Å². The van der Waals surface area contributed by atoms with Crippen LogP contribution in [0.2, 0.25) is 0 Å². The largest absolute Gasteiger partial charge is 0.375 e. The zero-order chi connectivity index (χ0) is 18.8. The number of ketones is 1. The van der Waals surface area contributed by atoms with Gasteiger partial charge >= 0.3 is 0 Å². The number of hydrogen-bond donors (Lipinski definition) is 0. The van der Waals surface area contributed by atoms with Gasteiger partial charge in [0.05, 0.1) is 17.0 Å². The molecule has 2 fully saturated rings. The van der Waals surface area contributed by atoms with Crippen molar-refractivity contribution in [3.05, 3.63) is 34.6 Å². The van der Waals surface area contributed by atoms with Crippen LogP contribution >= 0.6 is 15.9 Å². The molecule has 2 atom stereocenters.